The predicted molar refractivity (Wildman–Crippen MR) is 545 cm³/mol. The lowest BCUT2D eigenvalue weighted by Gasteiger charge is -2.37. The minimum Gasteiger partial charge on any atom is -0.488 e. The number of benzene rings is 10. The first kappa shape index (κ1) is 105. The van der Waals surface area contributed by atoms with Crippen molar-refractivity contribution >= 4 is 77.0 Å². The highest BCUT2D eigenvalue weighted by atomic mass is 32.2. The number of thioether (sulfide) groups is 1. The predicted octanol–water partition coefficient (Wildman–Crippen LogP) is 15.2. The van der Waals surface area contributed by atoms with E-state index in [1.165, 1.54) is 21.6 Å². The average Bonchev–Trinajstić information content (AvgIpc) is 1.52. The van der Waals surface area contributed by atoms with Crippen LogP contribution in [0.15, 0.2) is 285 Å². The zero-order chi connectivity index (χ0) is 101. The number of alkyl carbamates (subject to hydrolysis) is 1. The summed E-state index contributed by atoms with van der Waals surface area (Å²) in [5.41, 5.74) is 6.27. The van der Waals surface area contributed by atoms with Gasteiger partial charge < -0.3 is 76.4 Å². The maximum atomic E-state index is 16.4. The summed E-state index contributed by atoms with van der Waals surface area (Å²) in [5.74, 6) is -8.66. The largest absolute Gasteiger partial charge is 0.488 e. The van der Waals surface area contributed by atoms with Crippen molar-refractivity contribution < 1.29 is 76.8 Å². The second-order valence-electron chi connectivity index (χ2n) is 39.5. The highest BCUT2D eigenvalue weighted by Gasteiger charge is 2.48. The molecule has 10 aromatic rings. The molecule has 0 radical (unpaired) electrons. The van der Waals surface area contributed by atoms with Gasteiger partial charge in [-0.05, 0) is 186 Å². The van der Waals surface area contributed by atoms with Crippen molar-refractivity contribution in [3.8, 4) is 16.9 Å². The number of hydrogen-bond acceptors (Lipinski definition) is 16. The molecule has 2 heterocycles. The van der Waals surface area contributed by atoms with Crippen molar-refractivity contribution in [3.63, 3.8) is 0 Å². The van der Waals surface area contributed by atoms with Gasteiger partial charge in [0.25, 0.3) is 0 Å². The van der Waals surface area contributed by atoms with E-state index in [9.17, 15) is 24.3 Å². The molecular weight excluding hydrogens is 1800 g/mol. The highest BCUT2D eigenvalue weighted by molar-refractivity contribution is 8.00. The molecule has 26 nitrogen and oxygen atoms in total. The van der Waals surface area contributed by atoms with Crippen LogP contribution in [0, 0.1) is 5.92 Å². The van der Waals surface area contributed by atoms with Crippen LogP contribution in [0.2, 0.25) is 0 Å². The number of fused-ring (bicyclic) bond motifs is 3. The summed E-state index contributed by atoms with van der Waals surface area (Å²) in [6.07, 6.45) is -1.53. The molecule has 2 fully saturated rings. The number of likely N-dealkylation sites (tertiary alicyclic amines) is 2. The second kappa shape index (κ2) is 47.5. The lowest BCUT2D eigenvalue weighted by molar-refractivity contribution is -0.149. The molecule has 141 heavy (non-hydrogen) atoms. The van der Waals surface area contributed by atoms with Crippen LogP contribution < -0.4 is 47.3 Å². The number of nitrogens with zero attached hydrogens (tertiary/aromatic N) is 2. The van der Waals surface area contributed by atoms with Crippen molar-refractivity contribution in [2.24, 2.45) is 5.92 Å². The van der Waals surface area contributed by atoms with Gasteiger partial charge in [0.1, 0.15) is 77.9 Å². The Morgan fingerprint density at radius 1 is 0.433 bits per heavy atom. The number of carbonyl (C=O) groups excluding carboxylic acids is 10. The number of rotatable bonds is 42. The molecule has 0 spiro atoms. The monoisotopic (exact) mass is 1930 g/mol. The lowest BCUT2D eigenvalue weighted by Crippen LogP contribution is -2.63. The van der Waals surface area contributed by atoms with Crippen LogP contribution in [0.4, 0.5) is 4.79 Å². The Labute approximate surface area is 831 Å². The van der Waals surface area contributed by atoms with E-state index in [-0.39, 0.29) is 69.9 Å². The summed E-state index contributed by atoms with van der Waals surface area (Å²) in [6.45, 7) is 21.2. The second-order valence-corrected chi connectivity index (χ2v) is 40.7. The Kier molecular flexibility index (Phi) is 35.2. The minimum atomic E-state index is -1.67. The first-order valence-electron chi connectivity index (χ1n) is 48.7. The van der Waals surface area contributed by atoms with E-state index in [4.69, 9.17) is 18.9 Å². The van der Waals surface area contributed by atoms with E-state index < -0.39 is 165 Å². The summed E-state index contributed by atoms with van der Waals surface area (Å²) < 4.78 is 24.2. The van der Waals surface area contributed by atoms with Gasteiger partial charge in [-0.1, -0.05) is 293 Å². The van der Waals surface area contributed by atoms with Crippen molar-refractivity contribution in [1.29, 1.82) is 0 Å². The van der Waals surface area contributed by atoms with E-state index in [0.29, 0.717) is 36.1 Å². The molecule has 3 aliphatic rings. The summed E-state index contributed by atoms with van der Waals surface area (Å²) >= 11 is 1.36. The summed E-state index contributed by atoms with van der Waals surface area (Å²) in [6, 6.07) is 76.6. The number of amides is 10. The SMILES string of the molecule is CC[C@H](C)[C@H](NC(=O)[C@H](COC(C)(C)C)NC(=O)[C@H](Cc1ccc(OC(C)(C)C)cc1)NC(=O)[C@@H](NC(=O)[C@H](CSC(c1ccccc1)(c1ccccc1)c1ccccc1)NC(=O)[C@H](Cc1ccccc1)NC(=O)OCC1c2ccccc2-c2ccccc21)[C@@H](C)OC(C)(C)C)C(=O)N1CCC[C@H]1C(=O)N1CCC[C@H]1C(=O)N[C@@H](CCC(=O)NC(c1ccccc1)(c1ccccc1)c1ccccc1)C(=O)O. The molecule has 2 saturated heterocycles. The van der Waals surface area contributed by atoms with Gasteiger partial charge in [-0.25, -0.2) is 9.59 Å². The van der Waals surface area contributed by atoms with Crippen LogP contribution in [0.5, 0.6) is 5.75 Å². The van der Waals surface area contributed by atoms with Crippen LogP contribution in [0.1, 0.15) is 190 Å². The van der Waals surface area contributed by atoms with Gasteiger partial charge in [0, 0.05) is 44.0 Å². The molecule has 0 saturated carbocycles. The number of aliphatic carboxylic acids is 1. The Morgan fingerprint density at radius 3 is 1.34 bits per heavy atom. The standard InChI is InChI=1S/C114H132N10O16S/c1-13-74(2)98(107(133)124-68-40-60-96(124)106(132)123-67-39-59-95(123)104(130)115-90(108(134)135)65-66-97(125)122-113(78-43-23-15-24-44-78,79-45-25-16-26-46-79)80-47-27-17-28-48-80)120-102(128)93(72-138-110(4,5)6)117-100(126)91(70-77-61-63-84(64-62-77)140-112(10,11)12)116-105(131)99(75(3)139-111(7,8)9)121-103(129)94(73-141-114(81-49-29-18-30-50-81,82-51-31-19-32-52-82)83-53-33-20-34-54-83)118-101(127)92(69-76-41-21-14-22-42-76)119-109(136)137-71-89-87-57-37-35-55-85(87)86-56-36-38-58-88(86)89/h14-38,41-58,61-64,74-75,89-96,98-99H,13,39-40,59-60,65-73H2,1-12H3,(H,115,130)(H,116,131)(H,117,126)(H,118,127)(H,119,136)(H,120,128)(H,121,129)(H,122,125)(H,134,135)/t74-,75+,90-,91-,92-,93-,94-,95-,96-,98-,99-/m0/s1. The van der Waals surface area contributed by atoms with Gasteiger partial charge in [0.15, 0.2) is 0 Å². The van der Waals surface area contributed by atoms with Gasteiger partial charge in [0.2, 0.25) is 53.2 Å². The molecule has 10 amide bonds. The maximum Gasteiger partial charge on any atom is 0.407 e. The zero-order valence-corrected chi connectivity index (χ0v) is 83.2. The Hall–Kier alpha value is -13.8. The van der Waals surface area contributed by atoms with E-state index in [2.05, 4.69) is 42.5 Å². The topological polar surface area (TPSA) is 348 Å². The van der Waals surface area contributed by atoms with Crippen LogP contribution in [0.3, 0.4) is 0 Å². The van der Waals surface area contributed by atoms with Gasteiger partial charge in [-0.15, -0.1) is 11.8 Å². The van der Waals surface area contributed by atoms with Gasteiger partial charge in [-0.3, -0.25) is 43.2 Å². The van der Waals surface area contributed by atoms with Crippen LogP contribution in [0.25, 0.3) is 11.1 Å². The van der Waals surface area contributed by atoms with E-state index >= 15 is 33.6 Å². The number of carboxylic acids is 1. The molecule has 740 valence electrons. The van der Waals surface area contributed by atoms with E-state index in [1.807, 2.05) is 289 Å². The van der Waals surface area contributed by atoms with Crippen LogP contribution in [-0.4, -0.2) is 189 Å². The quantitative estimate of drug-likeness (QED) is 0.0160. The Morgan fingerprint density at radius 2 is 0.858 bits per heavy atom. The fraction of sp³-hybridized carbons (Fsp3) is 0.377. The first-order valence-corrected chi connectivity index (χ1v) is 49.7. The lowest BCUT2D eigenvalue weighted by atomic mass is 9.77. The molecule has 2 aliphatic heterocycles. The van der Waals surface area contributed by atoms with Crippen molar-refractivity contribution in [1.82, 2.24) is 52.3 Å². The highest BCUT2D eigenvalue weighted by Crippen LogP contribution is 2.50. The van der Waals surface area contributed by atoms with Gasteiger partial charge in [-0.2, -0.15) is 0 Å². The Balaban J connectivity index is 0.765. The summed E-state index contributed by atoms with van der Waals surface area (Å²) in [4.78, 5) is 170. The molecule has 13 rings (SSSR count). The normalized spacial score (nSPS) is 16.3. The molecular formula is C114H132N10O16S. The van der Waals surface area contributed by atoms with Crippen molar-refractivity contribution in [2.45, 2.75) is 234 Å². The van der Waals surface area contributed by atoms with Gasteiger partial charge in [0.05, 0.1) is 28.7 Å². The van der Waals surface area contributed by atoms with Gasteiger partial charge >= 0.3 is 12.1 Å². The van der Waals surface area contributed by atoms with E-state index in [1.54, 1.807) is 79.7 Å². The molecule has 10 aromatic carbocycles. The number of ether oxygens (including phenoxy) is 4. The number of nitrogens with one attached hydrogen (secondary N) is 8. The fourth-order valence-electron chi connectivity index (χ4n) is 18.8. The molecule has 0 unspecified atom stereocenters. The summed E-state index contributed by atoms with van der Waals surface area (Å²) in [7, 11) is 0. The molecule has 1 aliphatic carbocycles. The van der Waals surface area contributed by atoms with Crippen molar-refractivity contribution in [2.75, 3.05) is 32.1 Å². The number of hydrogen-bond donors (Lipinski definition) is 9. The molecule has 0 bridgehead atoms. The van der Waals surface area contributed by atoms with Crippen LogP contribution in [-0.2, 0) is 85.3 Å². The molecule has 9 N–H and O–H groups in total. The van der Waals surface area contributed by atoms with E-state index in [0.717, 1.165) is 55.6 Å². The van der Waals surface area contributed by atoms with Crippen molar-refractivity contribution in [3.05, 3.63) is 341 Å². The third-order valence-corrected chi connectivity index (χ3v) is 27.5. The maximum absolute atomic E-state index is 16.4. The number of carboxylic acid groups (broad SMARTS) is 1. The Bertz CT molecular complexity index is 5690. The number of carbonyl (C=O) groups is 11. The average molecular weight is 1930 g/mol. The third kappa shape index (κ3) is 26.9. The third-order valence-electron chi connectivity index (χ3n) is 25.9. The van der Waals surface area contributed by atoms with Crippen LogP contribution >= 0.6 is 11.8 Å². The molecule has 27 heteroatoms. The fourth-order valence-corrected chi connectivity index (χ4v) is 20.4. The molecule has 11 atom stereocenters. The minimum absolute atomic E-state index is 0.0520. The first-order chi connectivity index (χ1) is 67.5. The molecule has 0 aromatic heterocycles. The summed E-state index contributed by atoms with van der Waals surface area (Å²) in [5, 5.41) is 34.4. The smallest absolute Gasteiger partial charge is 0.407 e. The zero-order valence-electron chi connectivity index (χ0n) is 82.3.